The second-order valence-corrected chi connectivity index (χ2v) is 4.23. The largest absolute Gasteiger partial charge is 0.435 e. The van der Waals surface area contributed by atoms with Crippen LogP contribution in [-0.2, 0) is 12.7 Å². The van der Waals surface area contributed by atoms with Crippen molar-refractivity contribution in [2.24, 2.45) is 0 Å². The summed E-state index contributed by atoms with van der Waals surface area (Å²) in [6.07, 6.45) is 3.82. The van der Waals surface area contributed by atoms with Gasteiger partial charge in [0.05, 0.1) is 0 Å². The van der Waals surface area contributed by atoms with Crippen LogP contribution in [0.25, 0.3) is 0 Å². The number of unbranched alkanes of at least 4 members (excludes halogenated alkanes) is 5. The van der Waals surface area contributed by atoms with Gasteiger partial charge >= 0.3 is 6.18 Å². The van der Waals surface area contributed by atoms with Crippen molar-refractivity contribution in [3.05, 3.63) is 18.0 Å². The molecular weight excluding hydrogens is 229 g/mol. The summed E-state index contributed by atoms with van der Waals surface area (Å²) < 4.78 is 38.1. The molecule has 0 amide bonds. The Bertz CT molecular complexity index is 318. The summed E-state index contributed by atoms with van der Waals surface area (Å²) >= 11 is 0. The van der Waals surface area contributed by atoms with E-state index in [0.717, 1.165) is 25.3 Å². The zero-order chi connectivity index (χ0) is 12.7. The van der Waals surface area contributed by atoms with Crippen LogP contribution < -0.4 is 0 Å². The molecule has 1 aromatic rings. The number of halogens is 3. The van der Waals surface area contributed by atoms with E-state index in [1.807, 2.05) is 0 Å². The average molecular weight is 248 g/mol. The molecule has 0 aromatic carbocycles. The quantitative estimate of drug-likeness (QED) is 0.659. The highest BCUT2D eigenvalue weighted by Gasteiger charge is 2.33. The lowest BCUT2D eigenvalue weighted by molar-refractivity contribution is -0.141. The van der Waals surface area contributed by atoms with Crippen LogP contribution in [0.4, 0.5) is 13.2 Å². The van der Waals surface area contributed by atoms with Gasteiger partial charge in [-0.2, -0.15) is 18.3 Å². The van der Waals surface area contributed by atoms with Crippen molar-refractivity contribution in [2.45, 2.75) is 58.2 Å². The standard InChI is InChI=1S/C12H19F3N2/c1-2-3-4-5-6-7-9-17-10-8-11(16-17)12(13,14)15/h8,10H,2-7,9H2,1H3. The Morgan fingerprint density at radius 2 is 1.76 bits per heavy atom. The van der Waals surface area contributed by atoms with Crippen LogP contribution >= 0.6 is 0 Å². The van der Waals surface area contributed by atoms with Crippen molar-refractivity contribution >= 4 is 0 Å². The molecule has 2 nitrogen and oxygen atoms in total. The van der Waals surface area contributed by atoms with Gasteiger partial charge in [-0.15, -0.1) is 0 Å². The zero-order valence-corrected chi connectivity index (χ0v) is 10.1. The minimum absolute atomic E-state index is 0.572. The lowest BCUT2D eigenvalue weighted by Gasteiger charge is -2.03. The van der Waals surface area contributed by atoms with Gasteiger partial charge in [-0.1, -0.05) is 39.0 Å². The van der Waals surface area contributed by atoms with Gasteiger partial charge in [-0.3, -0.25) is 4.68 Å². The maximum absolute atomic E-state index is 12.3. The third-order valence-electron chi connectivity index (χ3n) is 2.67. The maximum Gasteiger partial charge on any atom is 0.435 e. The molecule has 0 saturated heterocycles. The van der Waals surface area contributed by atoms with E-state index in [0.29, 0.717) is 6.54 Å². The van der Waals surface area contributed by atoms with Crippen molar-refractivity contribution in [2.75, 3.05) is 0 Å². The molecule has 0 aliphatic heterocycles. The van der Waals surface area contributed by atoms with Crippen LogP contribution in [0.2, 0.25) is 0 Å². The fraction of sp³-hybridized carbons (Fsp3) is 0.750. The molecular formula is C12H19F3N2. The Morgan fingerprint density at radius 3 is 2.35 bits per heavy atom. The minimum atomic E-state index is -4.33. The monoisotopic (exact) mass is 248 g/mol. The summed E-state index contributed by atoms with van der Waals surface area (Å²) in [4.78, 5) is 0. The Hall–Kier alpha value is -1.00. The van der Waals surface area contributed by atoms with Gasteiger partial charge in [0.15, 0.2) is 5.69 Å². The molecule has 1 rings (SSSR count). The Balaban J connectivity index is 2.21. The number of aryl methyl sites for hydroxylation is 1. The van der Waals surface area contributed by atoms with Crippen molar-refractivity contribution in [3.63, 3.8) is 0 Å². The topological polar surface area (TPSA) is 17.8 Å². The van der Waals surface area contributed by atoms with E-state index >= 15 is 0 Å². The Labute approximate surface area is 99.8 Å². The van der Waals surface area contributed by atoms with E-state index < -0.39 is 11.9 Å². The molecule has 0 bridgehead atoms. The molecule has 0 fully saturated rings. The highest BCUT2D eigenvalue weighted by atomic mass is 19.4. The predicted octanol–water partition coefficient (Wildman–Crippen LogP) is 4.26. The number of alkyl halides is 3. The summed E-state index contributed by atoms with van der Waals surface area (Å²) in [5.74, 6) is 0. The molecule has 0 aliphatic carbocycles. The molecule has 5 heteroatoms. The van der Waals surface area contributed by atoms with Crippen molar-refractivity contribution in [1.29, 1.82) is 0 Å². The van der Waals surface area contributed by atoms with Crippen LogP contribution in [0.1, 0.15) is 51.1 Å². The van der Waals surface area contributed by atoms with Gasteiger partial charge in [-0.25, -0.2) is 0 Å². The van der Waals surface area contributed by atoms with Crippen LogP contribution in [0.5, 0.6) is 0 Å². The number of hydrogen-bond donors (Lipinski definition) is 0. The fourth-order valence-corrected chi connectivity index (χ4v) is 1.69. The van der Waals surface area contributed by atoms with Crippen LogP contribution in [0, 0.1) is 0 Å². The molecule has 0 aliphatic rings. The average Bonchev–Trinajstić information content (AvgIpc) is 2.71. The van der Waals surface area contributed by atoms with Gasteiger partial charge in [0.25, 0.3) is 0 Å². The molecule has 98 valence electrons. The van der Waals surface area contributed by atoms with E-state index in [4.69, 9.17) is 0 Å². The maximum atomic E-state index is 12.3. The first-order valence-electron chi connectivity index (χ1n) is 6.14. The second kappa shape index (κ2) is 6.67. The first-order chi connectivity index (χ1) is 8.04. The molecule has 0 radical (unpaired) electrons. The predicted molar refractivity (Wildman–Crippen MR) is 60.6 cm³/mol. The summed E-state index contributed by atoms with van der Waals surface area (Å²) in [6, 6.07) is 1.02. The van der Waals surface area contributed by atoms with Gasteiger partial charge in [-0.05, 0) is 12.5 Å². The highest BCUT2D eigenvalue weighted by Crippen LogP contribution is 2.27. The smallest absolute Gasteiger partial charge is 0.272 e. The molecule has 1 aromatic heterocycles. The summed E-state index contributed by atoms with van der Waals surface area (Å²) in [6.45, 7) is 2.73. The highest BCUT2D eigenvalue weighted by molar-refractivity contribution is 5.02. The number of rotatable bonds is 7. The summed E-state index contributed by atoms with van der Waals surface area (Å²) in [5, 5.41) is 3.51. The molecule has 1 heterocycles. The summed E-state index contributed by atoms with van der Waals surface area (Å²) in [5.41, 5.74) is -0.802. The molecule has 0 saturated carbocycles. The van der Waals surface area contributed by atoms with Gasteiger partial charge < -0.3 is 0 Å². The van der Waals surface area contributed by atoms with Gasteiger partial charge in [0.2, 0.25) is 0 Å². The molecule has 0 N–H and O–H groups in total. The Kier molecular flexibility index (Phi) is 5.51. The molecule has 17 heavy (non-hydrogen) atoms. The van der Waals surface area contributed by atoms with Crippen molar-refractivity contribution in [1.82, 2.24) is 9.78 Å². The van der Waals surface area contributed by atoms with E-state index in [9.17, 15) is 13.2 Å². The third kappa shape index (κ3) is 5.24. The molecule has 0 atom stereocenters. The van der Waals surface area contributed by atoms with Gasteiger partial charge in [0.1, 0.15) is 0 Å². The number of aromatic nitrogens is 2. The lowest BCUT2D eigenvalue weighted by Crippen LogP contribution is -2.08. The molecule has 0 spiro atoms. The van der Waals surface area contributed by atoms with Crippen LogP contribution in [0.15, 0.2) is 12.3 Å². The van der Waals surface area contributed by atoms with Crippen molar-refractivity contribution < 1.29 is 13.2 Å². The van der Waals surface area contributed by atoms with E-state index in [1.54, 1.807) is 0 Å². The number of hydrogen-bond acceptors (Lipinski definition) is 1. The van der Waals surface area contributed by atoms with E-state index in [1.165, 1.54) is 30.1 Å². The lowest BCUT2D eigenvalue weighted by atomic mass is 10.1. The minimum Gasteiger partial charge on any atom is -0.272 e. The fourth-order valence-electron chi connectivity index (χ4n) is 1.69. The first kappa shape index (κ1) is 14.1. The van der Waals surface area contributed by atoms with Crippen molar-refractivity contribution in [3.8, 4) is 0 Å². The van der Waals surface area contributed by atoms with Gasteiger partial charge in [0, 0.05) is 12.7 Å². The normalized spacial score (nSPS) is 12.0. The zero-order valence-electron chi connectivity index (χ0n) is 10.1. The SMILES string of the molecule is CCCCCCCCn1ccc(C(F)(F)F)n1. The van der Waals surface area contributed by atoms with Crippen LogP contribution in [-0.4, -0.2) is 9.78 Å². The first-order valence-corrected chi connectivity index (χ1v) is 6.14. The van der Waals surface area contributed by atoms with E-state index in [-0.39, 0.29) is 0 Å². The molecule has 0 unspecified atom stereocenters. The van der Waals surface area contributed by atoms with Crippen LogP contribution in [0.3, 0.4) is 0 Å². The second-order valence-electron chi connectivity index (χ2n) is 4.23. The summed E-state index contributed by atoms with van der Waals surface area (Å²) in [7, 11) is 0. The number of nitrogens with zero attached hydrogens (tertiary/aromatic N) is 2. The Morgan fingerprint density at radius 1 is 1.12 bits per heavy atom. The van der Waals surface area contributed by atoms with E-state index in [2.05, 4.69) is 12.0 Å². The third-order valence-corrected chi connectivity index (χ3v) is 2.67.